The summed E-state index contributed by atoms with van der Waals surface area (Å²) in [6, 6.07) is 7.65. The van der Waals surface area contributed by atoms with Crippen molar-refractivity contribution in [1.82, 2.24) is 5.32 Å². The molecule has 0 heterocycles. The standard InChI is InChI=1S/C16H26N2O2/c1-13(2)9-11-20-12-10-18-16(19)8-7-14-5-3-4-6-15(14)17/h3-6,13H,7-12,17H2,1-2H3,(H,18,19). The molecule has 0 saturated heterocycles. The number of hydrogen-bond donors (Lipinski definition) is 2. The maximum atomic E-state index is 11.7. The smallest absolute Gasteiger partial charge is 0.220 e. The lowest BCUT2D eigenvalue weighted by molar-refractivity contribution is -0.121. The Morgan fingerprint density at radius 3 is 2.75 bits per heavy atom. The van der Waals surface area contributed by atoms with Crippen LogP contribution in [0.1, 0.15) is 32.3 Å². The van der Waals surface area contributed by atoms with E-state index in [0.29, 0.717) is 31.9 Å². The lowest BCUT2D eigenvalue weighted by Gasteiger charge is -2.08. The van der Waals surface area contributed by atoms with E-state index in [1.54, 1.807) is 0 Å². The third-order valence-electron chi connectivity index (χ3n) is 3.08. The number of anilines is 1. The van der Waals surface area contributed by atoms with Crippen LogP contribution in [0.25, 0.3) is 0 Å². The summed E-state index contributed by atoms with van der Waals surface area (Å²) in [6.07, 6.45) is 2.19. The molecule has 0 fully saturated rings. The second kappa shape index (κ2) is 9.37. The van der Waals surface area contributed by atoms with Gasteiger partial charge in [0.25, 0.3) is 0 Å². The number of carbonyl (C=O) groups is 1. The predicted octanol–water partition coefficient (Wildman–Crippen LogP) is 2.38. The first kappa shape index (κ1) is 16.5. The van der Waals surface area contributed by atoms with Crippen LogP contribution in [-0.4, -0.2) is 25.7 Å². The second-order valence-corrected chi connectivity index (χ2v) is 5.34. The highest BCUT2D eigenvalue weighted by atomic mass is 16.5. The topological polar surface area (TPSA) is 64.3 Å². The first-order chi connectivity index (χ1) is 9.59. The van der Waals surface area contributed by atoms with E-state index in [1.807, 2.05) is 24.3 Å². The third-order valence-corrected chi connectivity index (χ3v) is 3.08. The van der Waals surface area contributed by atoms with Gasteiger partial charge in [-0.3, -0.25) is 4.79 Å². The number of amides is 1. The zero-order valence-corrected chi connectivity index (χ0v) is 12.5. The molecule has 0 bridgehead atoms. The van der Waals surface area contributed by atoms with Crippen molar-refractivity contribution < 1.29 is 9.53 Å². The Hall–Kier alpha value is -1.55. The number of ether oxygens (including phenoxy) is 1. The third kappa shape index (κ3) is 7.14. The molecule has 0 spiro atoms. The predicted molar refractivity (Wildman–Crippen MR) is 82.5 cm³/mol. The van der Waals surface area contributed by atoms with Gasteiger partial charge in [0.15, 0.2) is 0 Å². The number of benzene rings is 1. The van der Waals surface area contributed by atoms with E-state index in [0.717, 1.165) is 24.3 Å². The maximum Gasteiger partial charge on any atom is 0.220 e. The number of nitrogen functional groups attached to an aromatic ring is 1. The van der Waals surface area contributed by atoms with Crippen LogP contribution < -0.4 is 11.1 Å². The first-order valence-electron chi connectivity index (χ1n) is 7.27. The van der Waals surface area contributed by atoms with Crippen molar-refractivity contribution in [2.24, 2.45) is 5.92 Å². The lowest BCUT2D eigenvalue weighted by Crippen LogP contribution is -2.27. The summed E-state index contributed by atoms with van der Waals surface area (Å²) in [7, 11) is 0. The van der Waals surface area contributed by atoms with Crippen LogP contribution in [0.3, 0.4) is 0 Å². The number of nitrogens with one attached hydrogen (secondary N) is 1. The number of rotatable bonds is 9. The van der Waals surface area contributed by atoms with Gasteiger partial charge in [-0.2, -0.15) is 0 Å². The van der Waals surface area contributed by atoms with Gasteiger partial charge in [0, 0.05) is 25.3 Å². The van der Waals surface area contributed by atoms with Crippen LogP contribution in [0.4, 0.5) is 5.69 Å². The van der Waals surface area contributed by atoms with Gasteiger partial charge >= 0.3 is 0 Å². The summed E-state index contributed by atoms with van der Waals surface area (Å²) >= 11 is 0. The Balaban J connectivity index is 2.08. The number of nitrogens with two attached hydrogens (primary N) is 1. The molecule has 3 N–H and O–H groups in total. The average Bonchev–Trinajstić information content (AvgIpc) is 2.41. The van der Waals surface area contributed by atoms with Crippen LogP contribution in [0.15, 0.2) is 24.3 Å². The largest absolute Gasteiger partial charge is 0.399 e. The molecular weight excluding hydrogens is 252 g/mol. The summed E-state index contributed by atoms with van der Waals surface area (Å²) in [5.74, 6) is 0.696. The molecule has 0 aromatic heterocycles. The Morgan fingerprint density at radius 1 is 1.30 bits per heavy atom. The number of carbonyl (C=O) groups excluding carboxylic acids is 1. The highest BCUT2D eigenvalue weighted by Crippen LogP contribution is 2.12. The van der Waals surface area contributed by atoms with Gasteiger partial charge in [0.1, 0.15) is 0 Å². The molecule has 1 rings (SSSR count). The minimum atomic E-state index is 0.0423. The summed E-state index contributed by atoms with van der Waals surface area (Å²) in [5.41, 5.74) is 7.61. The Labute approximate surface area is 121 Å². The van der Waals surface area contributed by atoms with E-state index < -0.39 is 0 Å². The van der Waals surface area contributed by atoms with Gasteiger partial charge in [-0.25, -0.2) is 0 Å². The quantitative estimate of drug-likeness (QED) is 0.538. The highest BCUT2D eigenvalue weighted by molar-refractivity contribution is 5.76. The Morgan fingerprint density at radius 2 is 2.05 bits per heavy atom. The number of aryl methyl sites for hydroxylation is 1. The van der Waals surface area contributed by atoms with E-state index in [4.69, 9.17) is 10.5 Å². The van der Waals surface area contributed by atoms with E-state index in [-0.39, 0.29) is 5.91 Å². The van der Waals surface area contributed by atoms with Gasteiger partial charge in [-0.1, -0.05) is 32.0 Å². The molecule has 0 aliphatic carbocycles. The van der Waals surface area contributed by atoms with Crippen LogP contribution in [0, 0.1) is 5.92 Å². The maximum absolute atomic E-state index is 11.7. The normalized spacial score (nSPS) is 10.8. The van der Waals surface area contributed by atoms with Crippen molar-refractivity contribution in [3.05, 3.63) is 29.8 Å². The van der Waals surface area contributed by atoms with Gasteiger partial charge in [-0.05, 0) is 30.4 Å². The SMILES string of the molecule is CC(C)CCOCCNC(=O)CCc1ccccc1N. The molecule has 1 amide bonds. The zero-order chi connectivity index (χ0) is 14.8. The van der Waals surface area contributed by atoms with Gasteiger partial charge in [-0.15, -0.1) is 0 Å². The van der Waals surface area contributed by atoms with Crippen molar-refractivity contribution in [2.45, 2.75) is 33.1 Å². The molecule has 0 aliphatic rings. The fourth-order valence-electron chi connectivity index (χ4n) is 1.78. The molecular formula is C16H26N2O2. The fraction of sp³-hybridized carbons (Fsp3) is 0.562. The van der Waals surface area contributed by atoms with Crippen LogP contribution in [0.5, 0.6) is 0 Å². The number of hydrogen-bond acceptors (Lipinski definition) is 3. The average molecular weight is 278 g/mol. The lowest BCUT2D eigenvalue weighted by atomic mass is 10.1. The Kier molecular flexibility index (Phi) is 7.73. The number of para-hydroxylation sites is 1. The van der Waals surface area contributed by atoms with E-state index >= 15 is 0 Å². The van der Waals surface area contributed by atoms with Crippen molar-refractivity contribution in [2.75, 3.05) is 25.5 Å². The zero-order valence-electron chi connectivity index (χ0n) is 12.5. The van der Waals surface area contributed by atoms with E-state index in [1.165, 1.54) is 0 Å². The molecule has 0 radical (unpaired) electrons. The molecule has 0 aliphatic heterocycles. The van der Waals surface area contributed by atoms with E-state index in [2.05, 4.69) is 19.2 Å². The van der Waals surface area contributed by atoms with Gasteiger partial charge in [0.05, 0.1) is 6.61 Å². The molecule has 112 valence electrons. The first-order valence-corrected chi connectivity index (χ1v) is 7.27. The molecule has 4 heteroatoms. The van der Waals surface area contributed by atoms with Crippen molar-refractivity contribution in [1.29, 1.82) is 0 Å². The van der Waals surface area contributed by atoms with Gasteiger partial charge in [0.2, 0.25) is 5.91 Å². The van der Waals surface area contributed by atoms with Gasteiger partial charge < -0.3 is 15.8 Å². The van der Waals surface area contributed by atoms with Crippen molar-refractivity contribution in [3.8, 4) is 0 Å². The van der Waals surface area contributed by atoms with E-state index in [9.17, 15) is 4.79 Å². The molecule has 4 nitrogen and oxygen atoms in total. The summed E-state index contributed by atoms with van der Waals surface area (Å²) in [6.45, 7) is 6.24. The fourth-order valence-corrected chi connectivity index (χ4v) is 1.78. The summed E-state index contributed by atoms with van der Waals surface area (Å²) in [5, 5.41) is 2.86. The molecule has 0 saturated carbocycles. The summed E-state index contributed by atoms with van der Waals surface area (Å²) < 4.78 is 5.44. The molecule has 20 heavy (non-hydrogen) atoms. The Bertz CT molecular complexity index is 405. The summed E-state index contributed by atoms with van der Waals surface area (Å²) in [4.78, 5) is 11.7. The van der Waals surface area contributed by atoms with Crippen LogP contribution >= 0.6 is 0 Å². The highest BCUT2D eigenvalue weighted by Gasteiger charge is 2.03. The molecule has 0 atom stereocenters. The van der Waals surface area contributed by atoms with Crippen molar-refractivity contribution in [3.63, 3.8) is 0 Å². The molecule has 1 aromatic carbocycles. The van der Waals surface area contributed by atoms with Crippen LogP contribution in [0.2, 0.25) is 0 Å². The molecule has 0 unspecified atom stereocenters. The van der Waals surface area contributed by atoms with Crippen molar-refractivity contribution >= 4 is 11.6 Å². The second-order valence-electron chi connectivity index (χ2n) is 5.34. The monoisotopic (exact) mass is 278 g/mol. The van der Waals surface area contributed by atoms with Crippen LogP contribution in [-0.2, 0) is 16.0 Å². The minimum absolute atomic E-state index is 0.0423. The molecule has 1 aromatic rings. The minimum Gasteiger partial charge on any atom is -0.399 e.